The number of phenolic OH excluding ortho intramolecular Hbond substituents is 1. The Morgan fingerprint density at radius 1 is 1.17 bits per heavy atom. The number of aromatic hydroxyl groups is 1. The average Bonchev–Trinajstić information content (AvgIpc) is 3.45. The van der Waals surface area contributed by atoms with Gasteiger partial charge in [-0.1, -0.05) is 12.0 Å². The van der Waals surface area contributed by atoms with E-state index in [1.165, 1.54) is 24.3 Å². The quantitative estimate of drug-likeness (QED) is 0.314. The molecular formula is C34H32F3N5O5. The molecule has 0 saturated carbocycles. The van der Waals surface area contributed by atoms with E-state index in [0.717, 1.165) is 19.4 Å². The lowest BCUT2D eigenvalue weighted by Crippen LogP contribution is -2.47. The van der Waals surface area contributed by atoms with E-state index in [2.05, 4.69) is 20.8 Å². The van der Waals surface area contributed by atoms with Gasteiger partial charge < -0.3 is 29.3 Å². The number of terminal acetylenes is 1. The number of hydrogen-bond acceptors (Lipinski definition) is 10. The van der Waals surface area contributed by atoms with Crippen molar-refractivity contribution >= 4 is 27.5 Å². The van der Waals surface area contributed by atoms with Crippen molar-refractivity contribution in [3.05, 3.63) is 41.5 Å². The van der Waals surface area contributed by atoms with Crippen molar-refractivity contribution in [3.63, 3.8) is 0 Å². The normalized spacial score (nSPS) is 27.2. The highest BCUT2D eigenvalue weighted by molar-refractivity contribution is 6.04. The van der Waals surface area contributed by atoms with Gasteiger partial charge in [-0.2, -0.15) is 9.97 Å². The van der Waals surface area contributed by atoms with Gasteiger partial charge in [0, 0.05) is 23.9 Å². The van der Waals surface area contributed by atoms with Crippen LogP contribution in [0.15, 0.2) is 24.3 Å². The van der Waals surface area contributed by atoms with Crippen LogP contribution in [-0.4, -0.2) is 99.5 Å². The van der Waals surface area contributed by atoms with Gasteiger partial charge in [-0.05, 0) is 49.9 Å². The van der Waals surface area contributed by atoms with E-state index < -0.39 is 35.0 Å². The third-order valence-corrected chi connectivity index (χ3v) is 9.75. The first kappa shape index (κ1) is 30.0. The second kappa shape index (κ2) is 10.8. The molecule has 0 unspecified atom stereocenters. The minimum Gasteiger partial charge on any atom is -0.508 e. The Balaban J connectivity index is 1.34. The van der Waals surface area contributed by atoms with Gasteiger partial charge in [-0.15, -0.1) is 6.42 Å². The summed E-state index contributed by atoms with van der Waals surface area (Å²) in [5, 5.41) is 22.4. The van der Waals surface area contributed by atoms with Crippen LogP contribution in [0.4, 0.5) is 19.0 Å². The first-order valence-electron chi connectivity index (χ1n) is 15.6. The Morgan fingerprint density at radius 3 is 2.85 bits per heavy atom. The van der Waals surface area contributed by atoms with E-state index in [1.807, 2.05) is 0 Å². The van der Waals surface area contributed by atoms with Crippen LogP contribution in [0.3, 0.4) is 0 Å². The number of anilines is 1. The number of rotatable bonds is 4. The summed E-state index contributed by atoms with van der Waals surface area (Å²) in [5.74, 6) is 0.777. The van der Waals surface area contributed by atoms with Gasteiger partial charge in [0.25, 0.3) is 0 Å². The molecule has 0 bridgehead atoms. The SMILES string of the molecule is C#Cc1c(F)ccc2cc(O)cc(-c3nc4c5c(nc(OC[C@@]67CCCN6C[C@H](F)C7)nc5c3F)N3C[C@](C)(O)COC[C@H]3CO4)c12. The van der Waals surface area contributed by atoms with E-state index in [4.69, 9.17) is 25.6 Å². The minimum absolute atomic E-state index is 0.00237. The molecule has 13 heteroatoms. The molecule has 2 aromatic heterocycles. The van der Waals surface area contributed by atoms with Gasteiger partial charge in [-0.3, -0.25) is 4.90 Å². The van der Waals surface area contributed by atoms with Crippen molar-refractivity contribution in [2.75, 3.05) is 51.0 Å². The third-order valence-electron chi connectivity index (χ3n) is 9.75. The number of benzene rings is 2. The average molecular weight is 648 g/mol. The van der Waals surface area contributed by atoms with Crippen molar-refractivity contribution in [2.45, 2.75) is 49.5 Å². The molecule has 3 saturated heterocycles. The Bertz CT molecular complexity index is 1990. The highest BCUT2D eigenvalue weighted by Gasteiger charge is 2.49. The van der Waals surface area contributed by atoms with Crippen LogP contribution < -0.4 is 14.4 Å². The first-order chi connectivity index (χ1) is 22.6. The summed E-state index contributed by atoms with van der Waals surface area (Å²) >= 11 is 0. The molecule has 2 N–H and O–H groups in total. The fourth-order valence-corrected chi connectivity index (χ4v) is 7.67. The maximum absolute atomic E-state index is 17.0. The van der Waals surface area contributed by atoms with E-state index in [9.17, 15) is 19.0 Å². The molecule has 4 aliphatic rings. The van der Waals surface area contributed by atoms with E-state index in [0.29, 0.717) is 18.4 Å². The Labute approximate surface area is 268 Å². The Morgan fingerprint density at radius 2 is 2.02 bits per heavy atom. The molecule has 244 valence electrons. The molecule has 6 heterocycles. The number of alkyl halides is 1. The zero-order valence-corrected chi connectivity index (χ0v) is 25.6. The summed E-state index contributed by atoms with van der Waals surface area (Å²) in [6.45, 7) is 3.22. The molecule has 3 fully saturated rings. The molecule has 10 nitrogen and oxygen atoms in total. The number of aliphatic hydroxyl groups is 1. The van der Waals surface area contributed by atoms with Crippen LogP contribution in [0.2, 0.25) is 0 Å². The number of fused-ring (bicyclic) bond motifs is 4. The van der Waals surface area contributed by atoms with Crippen LogP contribution in [0.25, 0.3) is 32.9 Å². The third kappa shape index (κ3) is 4.89. The number of phenols is 1. The van der Waals surface area contributed by atoms with Gasteiger partial charge in [-0.25, -0.2) is 18.2 Å². The number of halogens is 3. The first-order valence-corrected chi connectivity index (χ1v) is 15.6. The van der Waals surface area contributed by atoms with Gasteiger partial charge in [0.15, 0.2) is 5.82 Å². The molecule has 4 aliphatic heterocycles. The Kier molecular flexibility index (Phi) is 6.91. The van der Waals surface area contributed by atoms with Gasteiger partial charge in [0.05, 0.1) is 36.9 Å². The van der Waals surface area contributed by atoms with Crippen LogP contribution in [0.5, 0.6) is 17.6 Å². The van der Waals surface area contributed by atoms with E-state index in [-0.39, 0.29) is 89.5 Å². The van der Waals surface area contributed by atoms with Crippen LogP contribution in [-0.2, 0) is 4.74 Å². The van der Waals surface area contributed by atoms with Crippen molar-refractivity contribution < 1.29 is 37.6 Å². The molecular weight excluding hydrogens is 615 g/mol. The predicted molar refractivity (Wildman–Crippen MR) is 166 cm³/mol. The van der Waals surface area contributed by atoms with Crippen LogP contribution in [0, 0.1) is 24.0 Å². The number of ether oxygens (including phenoxy) is 3. The molecule has 8 rings (SSSR count). The summed E-state index contributed by atoms with van der Waals surface area (Å²) in [7, 11) is 0. The molecule has 0 radical (unpaired) electrons. The summed E-state index contributed by atoms with van der Waals surface area (Å²) in [6.07, 6.45) is 6.71. The maximum atomic E-state index is 17.0. The topological polar surface area (TPSA) is 113 Å². The van der Waals surface area contributed by atoms with E-state index >= 15 is 4.39 Å². The summed E-state index contributed by atoms with van der Waals surface area (Å²) in [6, 6.07) is 4.71. The minimum atomic E-state index is -1.27. The molecule has 4 aromatic rings. The standard InChI is InChI=1S/C34H32F3N5O5/c1-3-22-24(36)6-5-18-9-21(43)10-23(25(18)22)28-27(37)29-26-30(42-15-33(2,44)16-45-13-20(42)14-46-31(26)38-28)40-32(39-29)47-17-34-7-4-8-41(34)12-19(35)11-34/h1,5-6,9-10,19-20,43-44H,4,7-8,11-17H2,2H3/t19-,20+,33+,34+/m1/s1. The maximum Gasteiger partial charge on any atom is 0.319 e. The second-order valence-electron chi connectivity index (χ2n) is 13.3. The highest BCUT2D eigenvalue weighted by atomic mass is 19.1. The van der Waals surface area contributed by atoms with Crippen LogP contribution in [0.1, 0.15) is 31.7 Å². The molecule has 47 heavy (non-hydrogen) atoms. The monoisotopic (exact) mass is 647 g/mol. The summed E-state index contributed by atoms with van der Waals surface area (Å²) < 4.78 is 64.6. The lowest BCUT2D eigenvalue weighted by atomic mass is 9.95. The van der Waals surface area contributed by atoms with Crippen molar-refractivity contribution in [1.82, 2.24) is 19.9 Å². The molecule has 0 amide bonds. The van der Waals surface area contributed by atoms with Crippen molar-refractivity contribution in [2.24, 2.45) is 0 Å². The summed E-state index contributed by atoms with van der Waals surface area (Å²) in [5.41, 5.74) is -2.33. The van der Waals surface area contributed by atoms with Crippen molar-refractivity contribution in [1.29, 1.82) is 0 Å². The number of aromatic nitrogens is 3. The fraction of sp³-hybridized carbons (Fsp3) is 0.441. The largest absolute Gasteiger partial charge is 0.508 e. The van der Waals surface area contributed by atoms with Gasteiger partial charge in [0.2, 0.25) is 5.88 Å². The second-order valence-corrected chi connectivity index (χ2v) is 13.3. The Hall–Kier alpha value is -4.38. The summed E-state index contributed by atoms with van der Waals surface area (Å²) in [4.78, 5) is 17.7. The fourth-order valence-electron chi connectivity index (χ4n) is 7.67. The molecule has 0 aliphatic carbocycles. The van der Waals surface area contributed by atoms with Crippen LogP contribution >= 0.6 is 0 Å². The molecule has 2 aromatic carbocycles. The highest BCUT2D eigenvalue weighted by Crippen LogP contribution is 2.45. The predicted octanol–water partition coefficient (Wildman–Crippen LogP) is 4.11. The van der Waals surface area contributed by atoms with Gasteiger partial charge in [0.1, 0.15) is 59.0 Å². The zero-order valence-electron chi connectivity index (χ0n) is 25.6. The lowest BCUT2D eigenvalue weighted by molar-refractivity contribution is -0.0151. The van der Waals surface area contributed by atoms with Crippen molar-refractivity contribution in [3.8, 4) is 41.2 Å². The van der Waals surface area contributed by atoms with E-state index in [1.54, 1.807) is 11.8 Å². The number of hydrogen-bond donors (Lipinski definition) is 2. The smallest absolute Gasteiger partial charge is 0.319 e. The lowest BCUT2D eigenvalue weighted by Gasteiger charge is -2.33. The molecule has 0 spiro atoms. The number of pyridine rings is 1. The zero-order chi connectivity index (χ0) is 32.7. The number of nitrogens with zero attached hydrogens (tertiary/aromatic N) is 5. The van der Waals surface area contributed by atoms with Gasteiger partial charge >= 0.3 is 6.01 Å². The molecule has 4 atom stereocenters.